The van der Waals surface area contributed by atoms with E-state index in [1.54, 1.807) is 48.5 Å². The smallest absolute Gasteiger partial charge is 0.265 e. The number of aryl methyl sites for hydroxylation is 1. The minimum absolute atomic E-state index is 0.499. The summed E-state index contributed by atoms with van der Waals surface area (Å²) >= 11 is 3.46. The normalized spacial score (nSPS) is 11.2. The van der Waals surface area contributed by atoms with Gasteiger partial charge in [-0.1, -0.05) is 82.7 Å². The van der Waals surface area contributed by atoms with Crippen LogP contribution in [-0.4, -0.2) is 11.0 Å². The van der Waals surface area contributed by atoms with Gasteiger partial charge in [-0.25, -0.2) is 0 Å². The molecular weight excluding hydrogens is 378 g/mol. The zero-order chi connectivity index (χ0) is 17.9. The summed E-state index contributed by atoms with van der Waals surface area (Å²) in [4.78, 5) is 13.1. The molecule has 2 N–H and O–H groups in total. The predicted molar refractivity (Wildman–Crippen MR) is 103 cm³/mol. The molecule has 3 rings (SSSR count). The van der Waals surface area contributed by atoms with Gasteiger partial charge in [0.15, 0.2) is 5.60 Å². The van der Waals surface area contributed by atoms with Gasteiger partial charge >= 0.3 is 0 Å². The fraction of sp³-hybridized carbons (Fsp3) is 0.0952. The lowest BCUT2D eigenvalue weighted by Crippen LogP contribution is -2.41. The van der Waals surface area contributed by atoms with Gasteiger partial charge < -0.3 is 10.4 Å². The van der Waals surface area contributed by atoms with Crippen molar-refractivity contribution in [2.75, 3.05) is 5.32 Å². The van der Waals surface area contributed by atoms with Crippen LogP contribution in [0.1, 0.15) is 16.7 Å². The zero-order valence-corrected chi connectivity index (χ0v) is 15.3. The Morgan fingerprint density at radius 1 is 0.920 bits per heavy atom. The van der Waals surface area contributed by atoms with Crippen molar-refractivity contribution < 1.29 is 9.90 Å². The van der Waals surface area contributed by atoms with Crippen LogP contribution in [0.4, 0.5) is 5.69 Å². The average Bonchev–Trinajstić information content (AvgIpc) is 2.65. The molecule has 0 bridgehead atoms. The van der Waals surface area contributed by atoms with Crippen LogP contribution in [0.25, 0.3) is 0 Å². The molecule has 0 radical (unpaired) electrons. The van der Waals surface area contributed by atoms with Gasteiger partial charge in [-0.2, -0.15) is 0 Å². The SMILES string of the molecule is Cc1ccc(NC(=O)C(O)(c2ccccc2)c2ccccc2)cc1Br. The number of amides is 1. The first-order chi connectivity index (χ1) is 12.0. The maximum Gasteiger partial charge on any atom is 0.265 e. The van der Waals surface area contributed by atoms with E-state index in [-0.39, 0.29) is 0 Å². The Bertz CT molecular complexity index is 839. The molecule has 25 heavy (non-hydrogen) atoms. The Kier molecular flexibility index (Phi) is 5.02. The quantitative estimate of drug-likeness (QED) is 0.676. The van der Waals surface area contributed by atoms with E-state index in [1.807, 2.05) is 37.3 Å². The first-order valence-electron chi connectivity index (χ1n) is 7.93. The highest BCUT2D eigenvalue weighted by Gasteiger charge is 2.39. The second-order valence-corrected chi connectivity index (χ2v) is 6.71. The van der Waals surface area contributed by atoms with E-state index in [2.05, 4.69) is 21.2 Å². The Hall–Kier alpha value is -2.43. The highest BCUT2D eigenvalue weighted by atomic mass is 79.9. The van der Waals surface area contributed by atoms with Crippen molar-refractivity contribution in [3.8, 4) is 0 Å². The second-order valence-electron chi connectivity index (χ2n) is 5.86. The number of hydrogen-bond acceptors (Lipinski definition) is 2. The van der Waals surface area contributed by atoms with Gasteiger partial charge in [-0.15, -0.1) is 0 Å². The zero-order valence-electron chi connectivity index (χ0n) is 13.7. The van der Waals surface area contributed by atoms with Gasteiger partial charge in [0.25, 0.3) is 5.91 Å². The molecule has 0 spiro atoms. The topological polar surface area (TPSA) is 49.3 Å². The van der Waals surface area contributed by atoms with Crippen molar-refractivity contribution in [3.05, 3.63) is 100 Å². The number of carbonyl (C=O) groups is 1. The van der Waals surface area contributed by atoms with Crippen molar-refractivity contribution in [1.82, 2.24) is 0 Å². The highest BCUT2D eigenvalue weighted by molar-refractivity contribution is 9.10. The van der Waals surface area contributed by atoms with Crippen LogP contribution >= 0.6 is 15.9 Å². The minimum atomic E-state index is -1.78. The van der Waals surface area contributed by atoms with Crippen LogP contribution in [-0.2, 0) is 10.4 Å². The summed E-state index contributed by atoms with van der Waals surface area (Å²) in [5.74, 6) is -0.499. The number of carbonyl (C=O) groups excluding carboxylic acids is 1. The van der Waals surface area contributed by atoms with Crippen LogP contribution in [0.15, 0.2) is 83.3 Å². The molecular formula is C21H18BrNO2. The van der Waals surface area contributed by atoms with Crippen molar-refractivity contribution in [1.29, 1.82) is 0 Å². The number of benzene rings is 3. The number of hydrogen-bond donors (Lipinski definition) is 2. The molecule has 3 nitrogen and oxygen atoms in total. The third-order valence-electron chi connectivity index (χ3n) is 4.14. The Morgan fingerprint density at radius 2 is 1.44 bits per heavy atom. The van der Waals surface area contributed by atoms with Crippen LogP contribution in [0.3, 0.4) is 0 Å². The Balaban J connectivity index is 2.02. The molecule has 3 aromatic rings. The summed E-state index contributed by atoms with van der Waals surface area (Å²) in [5.41, 5.74) is 0.946. The van der Waals surface area contributed by atoms with E-state index >= 15 is 0 Å². The summed E-state index contributed by atoms with van der Waals surface area (Å²) in [7, 11) is 0. The molecule has 4 heteroatoms. The maximum atomic E-state index is 13.1. The van der Waals surface area contributed by atoms with E-state index < -0.39 is 11.5 Å². The summed E-state index contributed by atoms with van der Waals surface area (Å²) in [5, 5.41) is 14.2. The molecule has 126 valence electrons. The van der Waals surface area contributed by atoms with Crippen molar-refractivity contribution in [2.24, 2.45) is 0 Å². The molecule has 0 aliphatic rings. The van der Waals surface area contributed by atoms with Gasteiger partial charge in [0, 0.05) is 10.2 Å². The number of aliphatic hydroxyl groups is 1. The summed E-state index contributed by atoms with van der Waals surface area (Å²) in [6.45, 7) is 1.97. The lowest BCUT2D eigenvalue weighted by Gasteiger charge is -2.28. The second kappa shape index (κ2) is 7.21. The van der Waals surface area contributed by atoms with Gasteiger partial charge in [-0.3, -0.25) is 4.79 Å². The van der Waals surface area contributed by atoms with E-state index in [0.717, 1.165) is 10.0 Å². The monoisotopic (exact) mass is 395 g/mol. The van der Waals surface area contributed by atoms with E-state index in [9.17, 15) is 9.90 Å². The lowest BCUT2D eigenvalue weighted by molar-refractivity contribution is -0.131. The molecule has 0 atom stereocenters. The largest absolute Gasteiger partial charge is 0.372 e. The minimum Gasteiger partial charge on any atom is -0.372 e. The number of nitrogens with one attached hydrogen (secondary N) is 1. The molecule has 0 heterocycles. The summed E-state index contributed by atoms with van der Waals surface area (Å²) in [6.07, 6.45) is 0. The van der Waals surface area contributed by atoms with Crippen LogP contribution in [0.5, 0.6) is 0 Å². The molecule has 0 aromatic heterocycles. The lowest BCUT2D eigenvalue weighted by atomic mass is 9.85. The molecule has 0 fully saturated rings. The Morgan fingerprint density at radius 3 is 1.92 bits per heavy atom. The van der Waals surface area contributed by atoms with Crippen LogP contribution in [0.2, 0.25) is 0 Å². The maximum absolute atomic E-state index is 13.1. The molecule has 0 unspecified atom stereocenters. The van der Waals surface area contributed by atoms with E-state index in [1.165, 1.54) is 0 Å². The van der Waals surface area contributed by atoms with Gasteiger partial charge in [-0.05, 0) is 35.7 Å². The number of rotatable bonds is 4. The third kappa shape index (κ3) is 3.50. The fourth-order valence-corrected chi connectivity index (χ4v) is 3.06. The van der Waals surface area contributed by atoms with Crippen LogP contribution < -0.4 is 5.32 Å². The number of halogens is 1. The first kappa shape index (κ1) is 17.4. The summed E-state index contributed by atoms with van der Waals surface area (Å²) < 4.78 is 0.897. The van der Waals surface area contributed by atoms with Crippen molar-refractivity contribution in [3.63, 3.8) is 0 Å². The molecule has 0 aliphatic carbocycles. The van der Waals surface area contributed by atoms with Gasteiger partial charge in [0.1, 0.15) is 0 Å². The predicted octanol–water partition coefficient (Wildman–Crippen LogP) is 4.63. The molecule has 3 aromatic carbocycles. The van der Waals surface area contributed by atoms with Gasteiger partial charge in [0.2, 0.25) is 0 Å². The standard InChI is InChI=1S/C21H18BrNO2/c1-15-12-13-18(14-19(15)22)23-20(24)21(25,16-8-4-2-5-9-16)17-10-6-3-7-11-17/h2-14,25H,1H3,(H,23,24). The fourth-order valence-electron chi connectivity index (χ4n) is 2.68. The molecule has 1 amide bonds. The highest BCUT2D eigenvalue weighted by Crippen LogP contribution is 2.31. The van der Waals surface area contributed by atoms with Crippen molar-refractivity contribution in [2.45, 2.75) is 12.5 Å². The summed E-state index contributed by atoms with van der Waals surface area (Å²) in [6, 6.07) is 23.5. The van der Waals surface area contributed by atoms with Crippen molar-refractivity contribution >= 4 is 27.5 Å². The average molecular weight is 396 g/mol. The molecule has 0 saturated heterocycles. The number of anilines is 1. The van der Waals surface area contributed by atoms with E-state index in [4.69, 9.17) is 0 Å². The third-order valence-corrected chi connectivity index (χ3v) is 5.00. The van der Waals surface area contributed by atoms with E-state index in [0.29, 0.717) is 16.8 Å². The van der Waals surface area contributed by atoms with Crippen LogP contribution in [0, 0.1) is 6.92 Å². The molecule has 0 aliphatic heterocycles. The Labute approximate surface area is 155 Å². The molecule has 0 saturated carbocycles. The first-order valence-corrected chi connectivity index (χ1v) is 8.72. The van der Waals surface area contributed by atoms with Gasteiger partial charge in [0.05, 0.1) is 0 Å².